The standard InChI is InChI=1S/C3H9O6P.C3H6O3.H3O4P/c4-1-3(5)2-9-10(6,7)8;1-2(4)3(5)6;1-5(2,3)4/h3-5H,1-2H2,(H2,6,7,8);3,5-6H,1H3;(H3,1,2,3,4). The van der Waals surface area contributed by atoms with Crippen LogP contribution in [0, 0.1) is 0 Å². The number of Topliss-reactive ketones (excluding diaryl/α,β-unsaturated/α-hetero) is 1. The van der Waals surface area contributed by atoms with Crippen molar-refractivity contribution in [2.45, 2.75) is 19.3 Å². The van der Waals surface area contributed by atoms with Crippen molar-refractivity contribution in [3.05, 3.63) is 0 Å². The number of ketones is 1. The van der Waals surface area contributed by atoms with Crippen molar-refractivity contribution in [3.8, 4) is 0 Å². The second kappa shape index (κ2) is 12.3. The van der Waals surface area contributed by atoms with E-state index >= 15 is 0 Å². The number of carbonyl (C=O) groups excluding carboxylic acids is 1. The summed E-state index contributed by atoms with van der Waals surface area (Å²) in [7, 11) is -9.14. The van der Waals surface area contributed by atoms with Crippen LogP contribution in [0.15, 0.2) is 0 Å². The molecule has 15 heteroatoms. The number of phosphoric acid groups is 2. The van der Waals surface area contributed by atoms with Crippen molar-refractivity contribution in [2.75, 3.05) is 13.2 Å². The number of hydrogen-bond acceptors (Lipinski definition) is 8. The zero-order valence-corrected chi connectivity index (χ0v) is 12.4. The molecule has 1 atom stereocenters. The largest absolute Gasteiger partial charge is 0.469 e. The Labute approximate surface area is 118 Å². The summed E-state index contributed by atoms with van der Waals surface area (Å²) in [5.74, 6) is -0.630. The van der Waals surface area contributed by atoms with E-state index in [2.05, 4.69) is 4.52 Å². The number of aliphatic hydroxyl groups is 4. The van der Waals surface area contributed by atoms with Crippen molar-refractivity contribution in [2.24, 2.45) is 0 Å². The highest BCUT2D eigenvalue weighted by Crippen LogP contribution is 2.35. The fourth-order valence-corrected chi connectivity index (χ4v) is 0.602. The molecular formula is C6H18O13P2. The summed E-state index contributed by atoms with van der Waals surface area (Å²) < 4.78 is 22.7. The summed E-state index contributed by atoms with van der Waals surface area (Å²) in [6.07, 6.45) is -3.03. The third-order valence-corrected chi connectivity index (χ3v) is 1.49. The van der Waals surface area contributed by atoms with Crippen LogP contribution in [-0.4, -0.2) is 76.3 Å². The summed E-state index contributed by atoms with van der Waals surface area (Å²) in [5, 5.41) is 32.3. The molecule has 0 heterocycles. The van der Waals surface area contributed by atoms with Gasteiger partial charge in [0.1, 0.15) is 6.10 Å². The lowest BCUT2D eigenvalue weighted by atomic mass is 10.4. The quantitative estimate of drug-likeness (QED) is 0.170. The second-order valence-corrected chi connectivity index (χ2v) is 5.39. The van der Waals surface area contributed by atoms with Crippen LogP contribution in [0.25, 0.3) is 0 Å². The molecule has 1 unspecified atom stereocenters. The Bertz CT molecular complexity index is 347. The molecule has 0 aromatic heterocycles. The van der Waals surface area contributed by atoms with Gasteiger partial charge >= 0.3 is 15.6 Å². The number of carbonyl (C=O) groups is 1. The van der Waals surface area contributed by atoms with Gasteiger partial charge in [0, 0.05) is 0 Å². The van der Waals surface area contributed by atoms with Gasteiger partial charge < -0.3 is 44.9 Å². The highest BCUT2D eigenvalue weighted by atomic mass is 31.2. The Hall–Kier alpha value is -0.270. The minimum absolute atomic E-state index is 0.569. The molecule has 0 aromatic rings. The van der Waals surface area contributed by atoms with Gasteiger partial charge in [-0.3, -0.25) is 9.32 Å². The van der Waals surface area contributed by atoms with Gasteiger partial charge in [0.15, 0.2) is 5.78 Å². The van der Waals surface area contributed by atoms with E-state index in [1.807, 2.05) is 0 Å². The van der Waals surface area contributed by atoms with Crippen molar-refractivity contribution in [3.63, 3.8) is 0 Å². The predicted octanol–water partition coefficient (Wildman–Crippen LogP) is -3.59. The lowest BCUT2D eigenvalue weighted by molar-refractivity contribution is -0.142. The van der Waals surface area contributed by atoms with E-state index in [1.165, 1.54) is 0 Å². The van der Waals surface area contributed by atoms with Crippen molar-refractivity contribution >= 4 is 21.4 Å². The van der Waals surface area contributed by atoms with E-state index in [0.29, 0.717) is 0 Å². The lowest BCUT2D eigenvalue weighted by Crippen LogP contribution is -2.18. The SMILES string of the molecule is CC(=O)C(O)O.O=P(O)(O)O.O=P(O)(O)OCC(O)CO. The molecule has 0 radical (unpaired) electrons. The molecule has 0 rings (SSSR count). The molecule has 21 heavy (non-hydrogen) atoms. The molecular weight excluding hydrogens is 342 g/mol. The van der Waals surface area contributed by atoms with Crippen molar-refractivity contribution < 1.29 is 63.3 Å². The number of rotatable bonds is 5. The van der Waals surface area contributed by atoms with Crippen LogP contribution in [-0.2, 0) is 18.4 Å². The van der Waals surface area contributed by atoms with E-state index in [4.69, 9.17) is 49.5 Å². The minimum Gasteiger partial charge on any atom is -0.394 e. The maximum Gasteiger partial charge on any atom is 0.469 e. The summed E-state index contributed by atoms with van der Waals surface area (Å²) in [5.41, 5.74) is 0. The molecule has 0 aliphatic carbocycles. The number of aliphatic hydroxyl groups excluding tert-OH is 3. The molecule has 0 amide bonds. The molecule has 130 valence electrons. The molecule has 9 N–H and O–H groups in total. The Morgan fingerprint density at radius 1 is 1.05 bits per heavy atom. The number of phosphoric ester groups is 1. The molecule has 0 aliphatic heterocycles. The van der Waals surface area contributed by atoms with Crippen molar-refractivity contribution in [1.29, 1.82) is 0 Å². The zero-order valence-electron chi connectivity index (χ0n) is 10.6. The molecule has 0 fully saturated rings. The first kappa shape index (κ1) is 25.7. The smallest absolute Gasteiger partial charge is 0.394 e. The first-order valence-electron chi connectivity index (χ1n) is 4.74. The molecule has 13 nitrogen and oxygen atoms in total. The monoisotopic (exact) mass is 360 g/mol. The van der Waals surface area contributed by atoms with Gasteiger partial charge in [0.2, 0.25) is 6.29 Å². The Morgan fingerprint density at radius 3 is 1.48 bits per heavy atom. The van der Waals surface area contributed by atoms with Gasteiger partial charge in [0.05, 0.1) is 13.2 Å². The summed E-state index contributed by atoms with van der Waals surface area (Å²) in [4.78, 5) is 47.3. The number of hydrogen-bond donors (Lipinski definition) is 9. The van der Waals surface area contributed by atoms with Crippen LogP contribution in [0.2, 0.25) is 0 Å². The van der Waals surface area contributed by atoms with Crippen LogP contribution in [0.1, 0.15) is 6.92 Å². The first-order valence-corrected chi connectivity index (χ1v) is 7.83. The highest BCUT2D eigenvalue weighted by molar-refractivity contribution is 7.46. The minimum atomic E-state index is -4.64. The van der Waals surface area contributed by atoms with Gasteiger partial charge in [-0.05, 0) is 6.92 Å². The normalized spacial score (nSPS) is 12.7. The Kier molecular flexibility index (Phi) is 15.0. The fraction of sp³-hybridized carbons (Fsp3) is 0.833. The second-order valence-electron chi connectivity index (χ2n) is 3.12. The first-order chi connectivity index (χ1) is 9.10. The fourth-order valence-electron chi connectivity index (χ4n) is 0.236. The van der Waals surface area contributed by atoms with E-state index in [-0.39, 0.29) is 0 Å². The topological polar surface area (TPSA) is 243 Å². The molecule has 0 saturated heterocycles. The third kappa shape index (κ3) is 45.1. The molecule has 0 aliphatic rings. The summed E-state index contributed by atoms with van der Waals surface area (Å²) in [6.45, 7) is -0.0502. The van der Waals surface area contributed by atoms with Crippen LogP contribution in [0.4, 0.5) is 0 Å². The van der Waals surface area contributed by atoms with Crippen LogP contribution in [0.5, 0.6) is 0 Å². The van der Waals surface area contributed by atoms with Crippen LogP contribution in [0.3, 0.4) is 0 Å². The zero-order chi connectivity index (χ0) is 17.9. The van der Waals surface area contributed by atoms with Gasteiger partial charge in [-0.25, -0.2) is 9.13 Å². The molecule has 0 bridgehead atoms. The predicted molar refractivity (Wildman–Crippen MR) is 64.3 cm³/mol. The Morgan fingerprint density at radius 2 is 1.33 bits per heavy atom. The lowest BCUT2D eigenvalue weighted by Gasteiger charge is -2.07. The summed E-state index contributed by atoms with van der Waals surface area (Å²) >= 11 is 0. The maximum absolute atomic E-state index is 9.93. The van der Waals surface area contributed by atoms with E-state index in [9.17, 15) is 9.36 Å². The van der Waals surface area contributed by atoms with Crippen molar-refractivity contribution in [1.82, 2.24) is 0 Å². The maximum atomic E-state index is 9.93. The van der Waals surface area contributed by atoms with Gasteiger partial charge in [-0.15, -0.1) is 0 Å². The van der Waals surface area contributed by atoms with Crippen LogP contribution >= 0.6 is 15.6 Å². The van der Waals surface area contributed by atoms with Gasteiger partial charge in [-0.1, -0.05) is 0 Å². The molecule has 0 spiro atoms. The van der Waals surface area contributed by atoms with E-state index < -0.39 is 47.0 Å². The van der Waals surface area contributed by atoms with E-state index in [0.717, 1.165) is 6.92 Å². The molecule has 0 aromatic carbocycles. The average molecular weight is 360 g/mol. The Balaban J connectivity index is -0.000000252. The van der Waals surface area contributed by atoms with Gasteiger partial charge in [0.25, 0.3) is 0 Å². The average Bonchev–Trinajstić information content (AvgIpc) is 2.23. The van der Waals surface area contributed by atoms with Crippen LogP contribution < -0.4 is 0 Å². The third-order valence-electron chi connectivity index (χ3n) is 1.01. The molecule has 0 saturated carbocycles. The van der Waals surface area contributed by atoms with Gasteiger partial charge in [-0.2, -0.15) is 0 Å². The van der Waals surface area contributed by atoms with E-state index in [1.54, 1.807) is 0 Å². The summed E-state index contributed by atoms with van der Waals surface area (Å²) in [6, 6.07) is 0. The highest BCUT2D eigenvalue weighted by Gasteiger charge is 2.15.